The second-order valence-electron chi connectivity index (χ2n) is 2.57. The average molecular weight is 199 g/mol. The van der Waals surface area contributed by atoms with Crippen molar-refractivity contribution in [3.05, 3.63) is 35.4 Å². The second-order valence-corrected chi connectivity index (χ2v) is 2.82. The number of rotatable bonds is 3. The molecule has 1 rings (SSSR count). The van der Waals surface area contributed by atoms with Crippen molar-refractivity contribution in [1.29, 1.82) is 0 Å². The molecule has 1 aromatic rings. The molecule has 0 saturated carbocycles. The zero-order chi connectivity index (χ0) is 9.68. The Morgan fingerprint density at radius 2 is 2.31 bits per heavy atom. The van der Waals surface area contributed by atoms with Gasteiger partial charge < -0.3 is 9.84 Å². The van der Waals surface area contributed by atoms with Gasteiger partial charge in [-0.2, -0.15) is 0 Å². The number of benzene rings is 1. The van der Waals surface area contributed by atoms with Gasteiger partial charge in [-0.25, -0.2) is 0 Å². The summed E-state index contributed by atoms with van der Waals surface area (Å²) in [6.07, 6.45) is 1.69. The maximum atomic E-state index is 9.33. The lowest BCUT2D eigenvalue weighted by Gasteiger charge is -2.07. The Kier molecular flexibility index (Phi) is 3.65. The molecule has 0 bridgehead atoms. The van der Waals surface area contributed by atoms with Crippen molar-refractivity contribution in [2.45, 2.75) is 6.92 Å². The molecule has 0 saturated heterocycles. The molecule has 13 heavy (non-hydrogen) atoms. The van der Waals surface area contributed by atoms with E-state index in [0.717, 1.165) is 5.56 Å². The summed E-state index contributed by atoms with van der Waals surface area (Å²) in [4.78, 5) is 0. The number of phenolic OH excluding ortho intramolecular Hbond substituents is 1. The Balaban J connectivity index is 2.71. The summed E-state index contributed by atoms with van der Waals surface area (Å²) in [7, 11) is 0. The van der Waals surface area contributed by atoms with Crippen LogP contribution >= 0.6 is 11.6 Å². The Morgan fingerprint density at radius 1 is 1.54 bits per heavy atom. The van der Waals surface area contributed by atoms with E-state index in [1.54, 1.807) is 31.2 Å². The summed E-state index contributed by atoms with van der Waals surface area (Å²) in [5.41, 5.74) is 2.14. The van der Waals surface area contributed by atoms with Crippen molar-refractivity contribution in [1.82, 2.24) is 0 Å². The molecule has 0 heterocycles. The molecule has 0 amide bonds. The third-order valence-corrected chi connectivity index (χ3v) is 1.86. The highest BCUT2D eigenvalue weighted by atomic mass is 35.5. The van der Waals surface area contributed by atoms with Crippen molar-refractivity contribution >= 4 is 11.6 Å². The lowest BCUT2D eigenvalue weighted by Crippen LogP contribution is -1.94. The first kappa shape index (κ1) is 9.93. The zero-order valence-corrected chi connectivity index (χ0v) is 8.08. The van der Waals surface area contributed by atoms with Gasteiger partial charge in [-0.3, -0.25) is 0 Å². The molecule has 0 unspecified atom stereocenters. The molecule has 3 heteroatoms. The van der Waals surface area contributed by atoms with Crippen LogP contribution in [0.15, 0.2) is 29.8 Å². The summed E-state index contributed by atoms with van der Waals surface area (Å²) in [6.45, 7) is 2.21. The van der Waals surface area contributed by atoms with Crippen molar-refractivity contribution in [3.63, 3.8) is 0 Å². The van der Waals surface area contributed by atoms with Crippen LogP contribution in [0.3, 0.4) is 0 Å². The molecular formula is C10H11ClO2. The van der Waals surface area contributed by atoms with Crippen LogP contribution in [0.4, 0.5) is 0 Å². The highest BCUT2D eigenvalue weighted by Gasteiger charge is 2.01. The molecule has 1 N–H and O–H groups in total. The van der Waals surface area contributed by atoms with Gasteiger partial charge in [0.25, 0.3) is 0 Å². The maximum Gasteiger partial charge on any atom is 0.126 e. The molecule has 1 aromatic carbocycles. The molecule has 0 aliphatic carbocycles. The monoisotopic (exact) mass is 198 g/mol. The number of ether oxygens (including phenoxy) is 1. The second kappa shape index (κ2) is 4.77. The maximum absolute atomic E-state index is 9.33. The molecule has 0 aromatic heterocycles. The lowest BCUT2D eigenvalue weighted by atomic mass is 10.2. The Hall–Kier alpha value is -1.15. The summed E-state index contributed by atoms with van der Waals surface area (Å²) < 4.78 is 5.33. The quantitative estimate of drug-likeness (QED) is 0.810. The third kappa shape index (κ3) is 2.67. The van der Waals surface area contributed by atoms with E-state index < -0.39 is 0 Å². The fourth-order valence-electron chi connectivity index (χ4n) is 0.934. The highest BCUT2D eigenvalue weighted by Crippen LogP contribution is 2.25. The van der Waals surface area contributed by atoms with Crippen LogP contribution in [0.2, 0.25) is 0 Å². The first-order valence-corrected chi connectivity index (χ1v) is 4.36. The van der Waals surface area contributed by atoms with Crippen LogP contribution in [-0.2, 0) is 0 Å². The fourth-order valence-corrected chi connectivity index (χ4v) is 1.01. The Morgan fingerprint density at radius 3 is 3.00 bits per heavy atom. The lowest BCUT2D eigenvalue weighted by molar-refractivity contribution is 0.356. The van der Waals surface area contributed by atoms with E-state index >= 15 is 0 Å². The van der Waals surface area contributed by atoms with Crippen molar-refractivity contribution in [2.75, 3.05) is 6.61 Å². The van der Waals surface area contributed by atoms with Gasteiger partial charge in [0, 0.05) is 11.1 Å². The molecule has 0 aliphatic heterocycles. The number of phenols is 1. The normalized spacial score (nSPS) is 10.6. The van der Waals surface area contributed by atoms with Crippen molar-refractivity contribution in [2.24, 2.45) is 0 Å². The number of hydrogen-bond acceptors (Lipinski definition) is 2. The van der Waals surface area contributed by atoms with E-state index in [4.69, 9.17) is 16.3 Å². The number of aromatic hydroxyl groups is 1. The summed E-state index contributed by atoms with van der Waals surface area (Å²) >= 11 is 5.33. The fraction of sp³-hybridized carbons (Fsp3) is 0.200. The Bertz CT molecular complexity index is 308. The average Bonchev–Trinajstić information content (AvgIpc) is 2.13. The van der Waals surface area contributed by atoms with Gasteiger partial charge in [-0.05, 0) is 25.1 Å². The smallest absolute Gasteiger partial charge is 0.126 e. The van der Waals surface area contributed by atoms with Crippen molar-refractivity contribution in [3.8, 4) is 11.5 Å². The van der Waals surface area contributed by atoms with E-state index in [-0.39, 0.29) is 5.75 Å². The summed E-state index contributed by atoms with van der Waals surface area (Å²) in [5.74, 6) is 0.919. The predicted octanol–water partition coefficient (Wildman–Crippen LogP) is 2.83. The topological polar surface area (TPSA) is 29.5 Å². The van der Waals surface area contributed by atoms with E-state index in [2.05, 4.69) is 0 Å². The number of hydrogen-bond donors (Lipinski definition) is 1. The van der Waals surface area contributed by atoms with Crippen LogP contribution in [0, 0.1) is 6.92 Å². The van der Waals surface area contributed by atoms with Gasteiger partial charge in [0.1, 0.15) is 18.1 Å². The van der Waals surface area contributed by atoms with Gasteiger partial charge in [-0.15, -0.1) is 0 Å². The Labute approximate surface area is 82.4 Å². The molecule has 0 fully saturated rings. The van der Waals surface area contributed by atoms with E-state index in [0.29, 0.717) is 12.4 Å². The molecule has 0 atom stereocenters. The first-order chi connectivity index (χ1) is 6.25. The molecular weight excluding hydrogens is 188 g/mol. The molecule has 0 radical (unpaired) electrons. The van der Waals surface area contributed by atoms with Gasteiger partial charge >= 0.3 is 0 Å². The van der Waals surface area contributed by atoms with E-state index in [1.807, 2.05) is 0 Å². The van der Waals surface area contributed by atoms with Crippen molar-refractivity contribution < 1.29 is 9.84 Å². The van der Waals surface area contributed by atoms with Crippen LogP contribution in [0.25, 0.3) is 0 Å². The minimum Gasteiger partial charge on any atom is -0.508 e. The first-order valence-electron chi connectivity index (χ1n) is 3.92. The SMILES string of the molecule is Cc1c(O)cccc1OC/C=C/Cl. The summed E-state index contributed by atoms with van der Waals surface area (Å²) in [6, 6.07) is 5.17. The summed E-state index contributed by atoms with van der Waals surface area (Å²) in [5, 5.41) is 9.33. The molecule has 70 valence electrons. The predicted molar refractivity (Wildman–Crippen MR) is 53.3 cm³/mol. The van der Waals surface area contributed by atoms with E-state index in [9.17, 15) is 5.11 Å². The van der Waals surface area contributed by atoms with Gasteiger partial charge in [0.05, 0.1) is 0 Å². The van der Waals surface area contributed by atoms with Crippen LogP contribution in [-0.4, -0.2) is 11.7 Å². The standard InChI is InChI=1S/C10H11ClO2/c1-8-9(12)4-2-5-10(8)13-7-3-6-11/h2-6,12H,7H2,1H3/b6-3+. The largest absolute Gasteiger partial charge is 0.508 e. The van der Waals surface area contributed by atoms with Crippen LogP contribution < -0.4 is 4.74 Å². The number of halogens is 1. The zero-order valence-electron chi connectivity index (χ0n) is 7.33. The molecule has 2 nitrogen and oxygen atoms in total. The van der Waals surface area contributed by atoms with Crippen LogP contribution in [0.1, 0.15) is 5.56 Å². The molecule has 0 spiro atoms. The van der Waals surface area contributed by atoms with Gasteiger partial charge in [0.15, 0.2) is 0 Å². The van der Waals surface area contributed by atoms with Crippen LogP contribution in [0.5, 0.6) is 11.5 Å². The van der Waals surface area contributed by atoms with Gasteiger partial charge in [-0.1, -0.05) is 17.7 Å². The minimum absolute atomic E-state index is 0.243. The van der Waals surface area contributed by atoms with Gasteiger partial charge in [0.2, 0.25) is 0 Å². The molecule has 0 aliphatic rings. The highest BCUT2D eigenvalue weighted by molar-refractivity contribution is 6.25. The third-order valence-electron chi connectivity index (χ3n) is 1.68. The van der Waals surface area contributed by atoms with E-state index in [1.165, 1.54) is 5.54 Å². The minimum atomic E-state index is 0.243.